The van der Waals surface area contributed by atoms with Gasteiger partial charge in [0.05, 0.1) is 5.01 Å². The lowest BCUT2D eigenvalue weighted by molar-refractivity contribution is 0.0568. The van der Waals surface area contributed by atoms with Crippen LogP contribution in [-0.2, 0) is 0 Å². The fourth-order valence-electron chi connectivity index (χ4n) is 2.54. The quantitative estimate of drug-likeness (QED) is 0.906. The highest BCUT2D eigenvalue weighted by molar-refractivity contribution is 7.09. The van der Waals surface area contributed by atoms with Crippen molar-refractivity contribution in [3.05, 3.63) is 16.1 Å². The van der Waals surface area contributed by atoms with Gasteiger partial charge in [-0.2, -0.15) is 0 Å². The Hall–Kier alpha value is -0.360. The van der Waals surface area contributed by atoms with E-state index in [1.165, 1.54) is 0 Å². The summed E-state index contributed by atoms with van der Waals surface area (Å²) >= 11 is 1.57. The Bertz CT molecular complexity index is 453. The molecule has 1 aliphatic rings. The molecule has 1 fully saturated rings. The molecule has 2 rings (SSSR count). The van der Waals surface area contributed by atoms with Crippen LogP contribution in [0.15, 0.2) is 5.38 Å². The number of carbonyl (C=O) groups excluding carboxylic acids is 1. The fraction of sp³-hybridized carbons (Fsp3) is 0.714. The SMILES string of the molecule is CC1CCN(C(=O)c2csc(C(C)C)n2)C(CN)C1.Cl.Cl. The van der Waals surface area contributed by atoms with Crippen LogP contribution < -0.4 is 5.73 Å². The van der Waals surface area contributed by atoms with Gasteiger partial charge in [-0.15, -0.1) is 36.2 Å². The molecule has 0 aromatic carbocycles. The number of halogens is 2. The Morgan fingerprint density at radius 1 is 1.52 bits per heavy atom. The summed E-state index contributed by atoms with van der Waals surface area (Å²) in [5, 5.41) is 2.90. The van der Waals surface area contributed by atoms with Crippen molar-refractivity contribution in [3.63, 3.8) is 0 Å². The van der Waals surface area contributed by atoms with Crippen LogP contribution in [0.25, 0.3) is 0 Å². The summed E-state index contributed by atoms with van der Waals surface area (Å²) in [5.41, 5.74) is 6.40. The molecule has 0 bridgehead atoms. The van der Waals surface area contributed by atoms with Crippen molar-refractivity contribution in [2.45, 2.75) is 45.6 Å². The molecule has 7 heteroatoms. The Morgan fingerprint density at radius 3 is 2.71 bits per heavy atom. The summed E-state index contributed by atoms with van der Waals surface area (Å²) < 4.78 is 0. The van der Waals surface area contributed by atoms with Crippen LogP contribution in [0, 0.1) is 5.92 Å². The number of nitrogens with two attached hydrogens (primary N) is 1. The first-order valence-corrected chi connectivity index (χ1v) is 7.87. The Balaban J connectivity index is 0.00000200. The van der Waals surface area contributed by atoms with Crippen LogP contribution in [0.1, 0.15) is 55.0 Å². The van der Waals surface area contributed by atoms with Gasteiger partial charge >= 0.3 is 0 Å². The largest absolute Gasteiger partial charge is 0.333 e. The highest BCUT2D eigenvalue weighted by Crippen LogP contribution is 2.25. The van der Waals surface area contributed by atoms with Crippen LogP contribution in [0.3, 0.4) is 0 Å². The minimum absolute atomic E-state index is 0. The number of rotatable bonds is 3. The monoisotopic (exact) mass is 353 g/mol. The second kappa shape index (κ2) is 8.93. The molecule has 2 unspecified atom stereocenters. The molecule has 1 saturated heterocycles. The first-order chi connectivity index (χ1) is 9.02. The van der Waals surface area contributed by atoms with E-state index in [1.54, 1.807) is 11.3 Å². The van der Waals surface area contributed by atoms with Gasteiger partial charge in [0.1, 0.15) is 5.69 Å². The fourth-order valence-corrected chi connectivity index (χ4v) is 3.35. The van der Waals surface area contributed by atoms with Crippen molar-refractivity contribution < 1.29 is 4.79 Å². The molecule has 1 amide bonds. The summed E-state index contributed by atoms with van der Waals surface area (Å²) in [6.45, 7) is 7.76. The number of thiazole rings is 1. The van der Waals surface area contributed by atoms with E-state index in [-0.39, 0.29) is 36.8 Å². The summed E-state index contributed by atoms with van der Waals surface area (Å²) in [4.78, 5) is 18.9. The number of likely N-dealkylation sites (tertiary alicyclic amines) is 1. The third-order valence-corrected chi connectivity index (χ3v) is 4.89. The maximum absolute atomic E-state index is 12.5. The number of piperidine rings is 1. The first kappa shape index (κ1) is 20.6. The van der Waals surface area contributed by atoms with Gasteiger partial charge in [0.15, 0.2) is 0 Å². The number of amides is 1. The van der Waals surface area contributed by atoms with Gasteiger partial charge in [-0.05, 0) is 18.8 Å². The van der Waals surface area contributed by atoms with Gasteiger partial charge in [-0.1, -0.05) is 20.8 Å². The average molecular weight is 354 g/mol. The van der Waals surface area contributed by atoms with Crippen LogP contribution in [0.5, 0.6) is 0 Å². The molecule has 0 aliphatic carbocycles. The second-order valence-corrected chi connectivity index (χ2v) is 6.63. The van der Waals surface area contributed by atoms with E-state index in [2.05, 4.69) is 25.8 Å². The van der Waals surface area contributed by atoms with Crippen LogP contribution in [0.4, 0.5) is 0 Å². The predicted molar refractivity (Wildman–Crippen MR) is 93.0 cm³/mol. The second-order valence-electron chi connectivity index (χ2n) is 5.74. The predicted octanol–water partition coefficient (Wildman–Crippen LogP) is 3.31. The lowest BCUT2D eigenvalue weighted by atomic mass is 9.92. The maximum atomic E-state index is 12.5. The number of hydrogen-bond donors (Lipinski definition) is 1. The lowest BCUT2D eigenvalue weighted by Gasteiger charge is -2.37. The third-order valence-electron chi connectivity index (χ3n) is 3.75. The topological polar surface area (TPSA) is 59.2 Å². The Kier molecular flexibility index (Phi) is 8.78. The smallest absolute Gasteiger partial charge is 0.273 e. The number of aromatic nitrogens is 1. The minimum Gasteiger partial charge on any atom is -0.333 e. The first-order valence-electron chi connectivity index (χ1n) is 6.99. The van der Waals surface area contributed by atoms with Gasteiger partial charge < -0.3 is 10.6 Å². The number of carbonyl (C=O) groups is 1. The zero-order valence-electron chi connectivity index (χ0n) is 12.7. The van der Waals surface area contributed by atoms with Gasteiger partial charge in [-0.3, -0.25) is 4.79 Å². The summed E-state index contributed by atoms with van der Waals surface area (Å²) in [7, 11) is 0. The number of nitrogens with zero attached hydrogens (tertiary/aromatic N) is 2. The maximum Gasteiger partial charge on any atom is 0.273 e. The normalized spacial score (nSPS) is 21.7. The van der Waals surface area contributed by atoms with Gasteiger partial charge in [0, 0.05) is 30.4 Å². The molecule has 2 atom stereocenters. The average Bonchev–Trinajstić information content (AvgIpc) is 2.87. The van der Waals surface area contributed by atoms with E-state index in [0.29, 0.717) is 24.1 Å². The highest BCUT2D eigenvalue weighted by atomic mass is 35.5. The van der Waals surface area contributed by atoms with E-state index >= 15 is 0 Å². The Labute approximate surface area is 143 Å². The molecule has 1 aromatic rings. The lowest BCUT2D eigenvalue weighted by Crippen LogP contribution is -2.49. The molecular weight excluding hydrogens is 329 g/mol. The molecule has 0 radical (unpaired) electrons. The van der Waals surface area contributed by atoms with E-state index in [4.69, 9.17) is 5.73 Å². The van der Waals surface area contributed by atoms with E-state index in [0.717, 1.165) is 24.4 Å². The molecule has 1 aliphatic heterocycles. The summed E-state index contributed by atoms with van der Waals surface area (Å²) in [6.07, 6.45) is 2.06. The molecule has 4 nitrogen and oxygen atoms in total. The molecular formula is C14H25Cl2N3OS. The Morgan fingerprint density at radius 2 is 2.19 bits per heavy atom. The van der Waals surface area contributed by atoms with Gasteiger partial charge in [0.2, 0.25) is 0 Å². The minimum atomic E-state index is 0. The summed E-state index contributed by atoms with van der Waals surface area (Å²) in [5.74, 6) is 1.07. The number of hydrogen-bond acceptors (Lipinski definition) is 4. The summed E-state index contributed by atoms with van der Waals surface area (Å²) in [6, 6.07) is 0.167. The molecule has 0 saturated carbocycles. The van der Waals surface area contributed by atoms with Crippen molar-refractivity contribution in [2.24, 2.45) is 11.7 Å². The van der Waals surface area contributed by atoms with Crippen molar-refractivity contribution in [3.8, 4) is 0 Å². The van der Waals surface area contributed by atoms with Crippen molar-refractivity contribution in [2.75, 3.05) is 13.1 Å². The molecule has 2 N–H and O–H groups in total. The zero-order valence-corrected chi connectivity index (χ0v) is 15.2. The van der Waals surface area contributed by atoms with Crippen molar-refractivity contribution >= 4 is 42.1 Å². The molecule has 1 aromatic heterocycles. The zero-order chi connectivity index (χ0) is 14.0. The van der Waals surface area contributed by atoms with Gasteiger partial charge in [0.25, 0.3) is 5.91 Å². The molecule has 0 spiro atoms. The highest BCUT2D eigenvalue weighted by Gasteiger charge is 2.30. The molecule has 21 heavy (non-hydrogen) atoms. The standard InChI is InChI=1S/C14H23N3OS.2ClH/c1-9(2)13-16-12(8-19-13)14(18)17-5-4-10(3)6-11(17)7-15;;/h8-11H,4-7,15H2,1-3H3;2*1H. The van der Waals surface area contributed by atoms with Crippen molar-refractivity contribution in [1.29, 1.82) is 0 Å². The third kappa shape index (κ3) is 4.81. The van der Waals surface area contributed by atoms with Crippen LogP contribution in [-0.4, -0.2) is 34.9 Å². The molecule has 122 valence electrons. The van der Waals surface area contributed by atoms with E-state index in [1.807, 2.05) is 10.3 Å². The van der Waals surface area contributed by atoms with Gasteiger partial charge in [-0.25, -0.2) is 4.98 Å². The van der Waals surface area contributed by atoms with E-state index in [9.17, 15) is 4.79 Å². The van der Waals surface area contributed by atoms with Crippen molar-refractivity contribution in [1.82, 2.24) is 9.88 Å². The van der Waals surface area contributed by atoms with Crippen LogP contribution >= 0.6 is 36.2 Å². The molecule has 2 heterocycles. The van der Waals surface area contributed by atoms with E-state index < -0.39 is 0 Å². The van der Waals surface area contributed by atoms with Crippen LogP contribution in [0.2, 0.25) is 0 Å².